The van der Waals surface area contributed by atoms with Crippen molar-refractivity contribution >= 4 is 35.6 Å². The van der Waals surface area contributed by atoms with Crippen LogP contribution in [0.25, 0.3) is 0 Å². The number of aliphatic imine (C=N–C) groups is 1. The first-order chi connectivity index (χ1) is 14.0. The number of nitrogens with one attached hydrogen (secondary N) is 2. The van der Waals surface area contributed by atoms with Crippen molar-refractivity contribution in [3.05, 3.63) is 53.6 Å². The van der Waals surface area contributed by atoms with Gasteiger partial charge in [-0.15, -0.1) is 24.0 Å². The third kappa shape index (κ3) is 6.10. The van der Waals surface area contributed by atoms with Crippen LogP contribution >= 0.6 is 24.0 Å². The molecule has 1 fully saturated rings. The number of phenols is 1. The second-order valence-electron chi connectivity index (χ2n) is 6.92. The van der Waals surface area contributed by atoms with Crippen molar-refractivity contribution in [2.75, 3.05) is 38.7 Å². The average molecular weight is 532 g/mol. The first-order valence-electron chi connectivity index (χ1n) is 9.53. The number of phenolic OH excluding ortho intramolecular Hbond substituents is 1. The van der Waals surface area contributed by atoms with Gasteiger partial charge in [0, 0.05) is 44.9 Å². The molecule has 0 radical (unpaired) electrons. The van der Waals surface area contributed by atoms with Crippen molar-refractivity contribution in [2.45, 2.75) is 18.9 Å². The minimum absolute atomic E-state index is 0. The second-order valence-corrected chi connectivity index (χ2v) is 6.92. The molecule has 1 aliphatic heterocycles. The molecule has 6 nitrogen and oxygen atoms in total. The molecule has 3 N–H and O–H groups in total. The molecule has 0 spiro atoms. The van der Waals surface area contributed by atoms with E-state index in [4.69, 9.17) is 4.74 Å². The fourth-order valence-electron chi connectivity index (χ4n) is 3.42. The summed E-state index contributed by atoms with van der Waals surface area (Å²) in [6.07, 6.45) is 1.44. The van der Waals surface area contributed by atoms with E-state index in [0.717, 1.165) is 18.1 Å². The zero-order valence-corrected chi connectivity index (χ0v) is 19.3. The summed E-state index contributed by atoms with van der Waals surface area (Å²) >= 11 is 0. The summed E-state index contributed by atoms with van der Waals surface area (Å²) < 4.78 is 32.2. The van der Waals surface area contributed by atoms with Crippen LogP contribution in [0.15, 0.2) is 41.4 Å². The summed E-state index contributed by atoms with van der Waals surface area (Å²) in [6.45, 7) is 1.86. The quantitative estimate of drug-likeness (QED) is 0.303. The summed E-state index contributed by atoms with van der Waals surface area (Å²) in [7, 11) is 3.24. The number of hydrogen-bond donors (Lipinski definition) is 3. The molecule has 1 saturated heterocycles. The molecule has 2 aromatic carbocycles. The lowest BCUT2D eigenvalue weighted by molar-refractivity contribution is 0.406. The van der Waals surface area contributed by atoms with Gasteiger partial charge in [-0.25, -0.2) is 8.78 Å². The molecule has 0 saturated carbocycles. The third-order valence-electron chi connectivity index (χ3n) is 4.98. The van der Waals surface area contributed by atoms with Gasteiger partial charge in [-0.05, 0) is 36.6 Å². The van der Waals surface area contributed by atoms with E-state index in [1.54, 1.807) is 20.2 Å². The number of methoxy groups -OCH3 is 1. The molecule has 0 aromatic heterocycles. The van der Waals surface area contributed by atoms with Gasteiger partial charge in [-0.3, -0.25) is 4.99 Å². The summed E-state index contributed by atoms with van der Waals surface area (Å²) in [5, 5.41) is 16.6. The van der Waals surface area contributed by atoms with Gasteiger partial charge in [0.25, 0.3) is 0 Å². The fourth-order valence-corrected chi connectivity index (χ4v) is 3.42. The number of ether oxygens (including phenoxy) is 1. The van der Waals surface area contributed by atoms with E-state index in [-0.39, 0.29) is 35.8 Å². The van der Waals surface area contributed by atoms with Gasteiger partial charge in [0.2, 0.25) is 0 Å². The predicted octanol–water partition coefficient (Wildman–Crippen LogP) is 3.28. The van der Waals surface area contributed by atoms with Crippen LogP contribution in [0.1, 0.15) is 12.0 Å². The van der Waals surface area contributed by atoms with Gasteiger partial charge in [0.15, 0.2) is 5.96 Å². The Labute approximate surface area is 192 Å². The average Bonchev–Trinajstić information content (AvgIpc) is 3.16. The highest BCUT2D eigenvalue weighted by Crippen LogP contribution is 2.25. The van der Waals surface area contributed by atoms with E-state index in [2.05, 4.69) is 15.6 Å². The molecule has 1 aliphatic rings. The number of anilines is 1. The summed E-state index contributed by atoms with van der Waals surface area (Å²) in [5.41, 5.74) is 1.22. The zero-order valence-electron chi connectivity index (χ0n) is 17.0. The second kappa shape index (κ2) is 11.2. The minimum Gasteiger partial charge on any atom is -0.508 e. The number of aromatic hydroxyl groups is 1. The van der Waals surface area contributed by atoms with E-state index in [1.807, 2.05) is 17.0 Å². The normalized spacial score (nSPS) is 16.2. The Balaban J connectivity index is 0.00000320. The highest BCUT2D eigenvalue weighted by atomic mass is 127. The summed E-state index contributed by atoms with van der Waals surface area (Å²) in [4.78, 5) is 6.13. The van der Waals surface area contributed by atoms with Crippen LogP contribution in [0.4, 0.5) is 14.5 Å². The molecular weight excluding hydrogens is 505 g/mol. The van der Waals surface area contributed by atoms with Crippen LogP contribution in [0.5, 0.6) is 11.5 Å². The van der Waals surface area contributed by atoms with Crippen LogP contribution in [0.3, 0.4) is 0 Å². The van der Waals surface area contributed by atoms with E-state index < -0.39 is 11.6 Å². The van der Waals surface area contributed by atoms with Gasteiger partial charge in [-0.1, -0.05) is 6.07 Å². The highest BCUT2D eigenvalue weighted by molar-refractivity contribution is 14.0. The number of halogens is 3. The number of nitrogens with zero attached hydrogens (tertiary/aromatic N) is 2. The van der Waals surface area contributed by atoms with Crippen LogP contribution in [-0.4, -0.2) is 50.9 Å². The SMILES string of the molecule is CN=C(NCCc1ccc(OC)cc1O)NC1CCN(c2ccc(F)cc2F)C1.I. The van der Waals surface area contributed by atoms with Crippen molar-refractivity contribution in [3.8, 4) is 11.5 Å². The molecule has 1 heterocycles. The van der Waals surface area contributed by atoms with Gasteiger partial charge < -0.3 is 25.4 Å². The number of benzene rings is 2. The van der Waals surface area contributed by atoms with E-state index in [9.17, 15) is 13.9 Å². The largest absolute Gasteiger partial charge is 0.508 e. The van der Waals surface area contributed by atoms with Crippen molar-refractivity contribution in [1.29, 1.82) is 0 Å². The van der Waals surface area contributed by atoms with Crippen molar-refractivity contribution in [1.82, 2.24) is 10.6 Å². The van der Waals surface area contributed by atoms with Crippen LogP contribution in [0, 0.1) is 11.6 Å². The first kappa shape index (κ1) is 24.0. The summed E-state index contributed by atoms with van der Waals surface area (Å²) in [6, 6.07) is 8.98. The topological polar surface area (TPSA) is 69.1 Å². The molecule has 9 heteroatoms. The van der Waals surface area contributed by atoms with Gasteiger partial charge in [-0.2, -0.15) is 0 Å². The lowest BCUT2D eigenvalue weighted by Gasteiger charge is -2.21. The Morgan fingerprint density at radius 3 is 2.73 bits per heavy atom. The van der Waals surface area contributed by atoms with Crippen molar-refractivity contribution < 1.29 is 18.6 Å². The molecular formula is C21H27F2IN4O2. The molecule has 30 heavy (non-hydrogen) atoms. The highest BCUT2D eigenvalue weighted by Gasteiger charge is 2.25. The zero-order chi connectivity index (χ0) is 20.8. The first-order valence-corrected chi connectivity index (χ1v) is 9.53. The monoisotopic (exact) mass is 532 g/mol. The fraction of sp³-hybridized carbons (Fsp3) is 0.381. The Morgan fingerprint density at radius 1 is 1.27 bits per heavy atom. The molecule has 3 rings (SSSR count). The third-order valence-corrected chi connectivity index (χ3v) is 4.98. The smallest absolute Gasteiger partial charge is 0.191 e. The maximum absolute atomic E-state index is 14.0. The van der Waals surface area contributed by atoms with Crippen molar-refractivity contribution in [2.24, 2.45) is 4.99 Å². The molecule has 0 aliphatic carbocycles. The maximum atomic E-state index is 14.0. The molecule has 164 valence electrons. The minimum atomic E-state index is -0.576. The van der Waals surface area contributed by atoms with Gasteiger partial charge >= 0.3 is 0 Å². The molecule has 0 bridgehead atoms. The lowest BCUT2D eigenvalue weighted by atomic mass is 10.1. The summed E-state index contributed by atoms with van der Waals surface area (Å²) in [5.74, 6) is 0.325. The lowest BCUT2D eigenvalue weighted by Crippen LogP contribution is -2.45. The van der Waals surface area contributed by atoms with Crippen LogP contribution in [0.2, 0.25) is 0 Å². The van der Waals surface area contributed by atoms with Gasteiger partial charge in [0.05, 0.1) is 12.8 Å². The maximum Gasteiger partial charge on any atom is 0.191 e. The molecule has 1 unspecified atom stereocenters. The standard InChI is InChI=1S/C21H26F2N4O2.HI/c1-24-21(25-9-7-14-3-5-17(29-2)12-20(14)28)26-16-8-10-27(13-16)19-6-4-15(22)11-18(19)23;/h3-6,11-12,16,28H,7-10,13H2,1-2H3,(H2,24,25,26);1H. The Bertz CT molecular complexity index is 882. The van der Waals surface area contributed by atoms with E-state index in [1.165, 1.54) is 12.1 Å². The number of hydrogen-bond acceptors (Lipinski definition) is 4. The Morgan fingerprint density at radius 2 is 2.07 bits per heavy atom. The van der Waals surface area contributed by atoms with Crippen molar-refractivity contribution in [3.63, 3.8) is 0 Å². The van der Waals surface area contributed by atoms with Crippen LogP contribution < -0.4 is 20.3 Å². The number of rotatable bonds is 6. The molecule has 0 amide bonds. The predicted molar refractivity (Wildman–Crippen MR) is 125 cm³/mol. The van der Waals surface area contributed by atoms with E-state index >= 15 is 0 Å². The Kier molecular flexibility index (Phi) is 8.94. The molecule has 2 aromatic rings. The van der Waals surface area contributed by atoms with E-state index in [0.29, 0.717) is 43.5 Å². The van der Waals surface area contributed by atoms with Crippen LogP contribution in [-0.2, 0) is 6.42 Å². The Hall–Kier alpha value is -2.30. The molecule has 1 atom stereocenters. The van der Waals surface area contributed by atoms with Gasteiger partial charge in [0.1, 0.15) is 23.1 Å². The number of guanidine groups is 1.